The minimum Gasteiger partial charge on any atom is -0.326 e. The number of benzene rings is 2. The second-order valence-electron chi connectivity index (χ2n) is 6.48. The number of carbonyl (C=O) groups excluding carboxylic acids is 2. The Kier molecular flexibility index (Phi) is 6.10. The van der Waals surface area contributed by atoms with Crippen LogP contribution >= 0.6 is 11.8 Å². The molecule has 0 spiro atoms. The molecule has 0 saturated carbocycles. The predicted molar refractivity (Wildman–Crippen MR) is 113 cm³/mol. The van der Waals surface area contributed by atoms with Crippen molar-refractivity contribution in [1.29, 1.82) is 0 Å². The van der Waals surface area contributed by atoms with Crippen LogP contribution in [0, 0.1) is 0 Å². The molecule has 0 radical (unpaired) electrons. The lowest BCUT2D eigenvalue weighted by atomic mass is 10.1. The van der Waals surface area contributed by atoms with Gasteiger partial charge in [-0.15, -0.1) is 11.8 Å². The van der Waals surface area contributed by atoms with E-state index in [0.717, 1.165) is 10.5 Å². The fourth-order valence-electron chi connectivity index (χ4n) is 3.06. The molecule has 0 unspecified atom stereocenters. The van der Waals surface area contributed by atoms with Gasteiger partial charge >= 0.3 is 0 Å². The van der Waals surface area contributed by atoms with E-state index in [0.29, 0.717) is 29.9 Å². The highest BCUT2D eigenvalue weighted by Gasteiger charge is 2.28. The van der Waals surface area contributed by atoms with Gasteiger partial charge in [-0.05, 0) is 61.4 Å². The van der Waals surface area contributed by atoms with Crippen molar-refractivity contribution in [1.82, 2.24) is 0 Å². The highest BCUT2D eigenvalue weighted by Crippen LogP contribution is 2.32. The quantitative estimate of drug-likeness (QED) is 0.551. The fraction of sp³-hybridized carbons (Fsp3) is 0.300. The van der Waals surface area contributed by atoms with Crippen molar-refractivity contribution in [2.24, 2.45) is 0 Å². The second kappa shape index (κ2) is 8.36. The van der Waals surface area contributed by atoms with E-state index in [1.807, 2.05) is 18.2 Å². The summed E-state index contributed by atoms with van der Waals surface area (Å²) in [6.45, 7) is 3.51. The summed E-state index contributed by atoms with van der Waals surface area (Å²) in [6, 6.07) is 12.6. The number of nitrogens with zero attached hydrogens (tertiary/aromatic N) is 1. The molecule has 0 aliphatic carbocycles. The Bertz CT molecular complexity index is 1000. The van der Waals surface area contributed by atoms with E-state index in [9.17, 15) is 18.0 Å². The first kappa shape index (κ1) is 20.4. The highest BCUT2D eigenvalue weighted by atomic mass is 32.2. The van der Waals surface area contributed by atoms with Crippen molar-refractivity contribution in [2.75, 3.05) is 27.7 Å². The number of fused-ring (bicyclic) bond motifs is 1. The minimum atomic E-state index is -3.28. The van der Waals surface area contributed by atoms with Crippen LogP contribution < -0.4 is 9.62 Å². The number of Topliss-reactive ketones (excluding diaryl/α,β-unsaturated/α-hetero) is 1. The van der Waals surface area contributed by atoms with Gasteiger partial charge in [-0.3, -0.25) is 13.9 Å². The van der Waals surface area contributed by atoms with Gasteiger partial charge in [-0.2, -0.15) is 0 Å². The number of hydrogen-bond acceptors (Lipinski definition) is 5. The molecule has 6 nitrogen and oxygen atoms in total. The van der Waals surface area contributed by atoms with Crippen molar-refractivity contribution in [3.05, 3.63) is 53.6 Å². The molecule has 2 aromatic carbocycles. The van der Waals surface area contributed by atoms with Crippen molar-refractivity contribution < 1.29 is 18.0 Å². The molecule has 148 valence electrons. The van der Waals surface area contributed by atoms with Gasteiger partial charge in [0.2, 0.25) is 15.9 Å². The Morgan fingerprint density at radius 1 is 1.14 bits per heavy atom. The zero-order valence-electron chi connectivity index (χ0n) is 15.8. The van der Waals surface area contributed by atoms with Crippen LogP contribution in [0.2, 0.25) is 0 Å². The monoisotopic (exact) mass is 418 g/mol. The van der Waals surface area contributed by atoms with Gasteiger partial charge in [0, 0.05) is 29.6 Å². The maximum atomic E-state index is 12.6. The van der Waals surface area contributed by atoms with E-state index in [4.69, 9.17) is 0 Å². The number of thioether (sulfide) groups is 1. The summed E-state index contributed by atoms with van der Waals surface area (Å²) in [7, 11) is -3.28. The summed E-state index contributed by atoms with van der Waals surface area (Å²) in [5.41, 5.74) is 2.89. The van der Waals surface area contributed by atoms with Gasteiger partial charge in [-0.25, -0.2) is 8.42 Å². The third-order valence-electron chi connectivity index (χ3n) is 4.50. The van der Waals surface area contributed by atoms with Crippen molar-refractivity contribution in [3.63, 3.8) is 0 Å². The molecule has 0 fully saturated rings. The zero-order chi connectivity index (χ0) is 20.3. The summed E-state index contributed by atoms with van der Waals surface area (Å²) in [5, 5.41) is 2.70. The number of amides is 1. The average Bonchev–Trinajstić information content (AvgIpc) is 3.11. The molecular weight excluding hydrogens is 396 g/mol. The molecule has 2 aromatic rings. The van der Waals surface area contributed by atoms with Gasteiger partial charge in [0.1, 0.15) is 0 Å². The van der Waals surface area contributed by atoms with Crippen LogP contribution in [0.15, 0.2) is 47.4 Å². The summed E-state index contributed by atoms with van der Waals surface area (Å²) in [6.07, 6.45) is 0.618. The van der Waals surface area contributed by atoms with Crippen LogP contribution in [0.5, 0.6) is 0 Å². The summed E-state index contributed by atoms with van der Waals surface area (Å²) >= 11 is 1.42. The van der Waals surface area contributed by atoms with Crippen molar-refractivity contribution in [2.45, 2.75) is 25.2 Å². The smallest absolute Gasteiger partial charge is 0.234 e. The van der Waals surface area contributed by atoms with E-state index in [1.54, 1.807) is 31.2 Å². The average molecular weight is 419 g/mol. The third-order valence-corrected chi connectivity index (χ3v) is 7.29. The van der Waals surface area contributed by atoms with E-state index in [-0.39, 0.29) is 23.2 Å². The molecule has 0 bridgehead atoms. The largest absolute Gasteiger partial charge is 0.326 e. The minimum absolute atomic E-state index is 0.00413. The lowest BCUT2D eigenvalue weighted by molar-refractivity contribution is -0.114. The van der Waals surface area contributed by atoms with E-state index >= 15 is 0 Å². The zero-order valence-corrected chi connectivity index (χ0v) is 17.4. The summed E-state index contributed by atoms with van der Waals surface area (Å²) in [4.78, 5) is 24.5. The lowest BCUT2D eigenvalue weighted by Gasteiger charge is -2.18. The molecule has 8 heteroatoms. The van der Waals surface area contributed by atoms with Gasteiger partial charge in [0.25, 0.3) is 0 Å². The van der Waals surface area contributed by atoms with Crippen LogP contribution in [0.4, 0.5) is 11.4 Å². The van der Waals surface area contributed by atoms with E-state index in [1.165, 1.54) is 23.0 Å². The molecule has 1 aliphatic heterocycles. The predicted octanol–water partition coefficient (Wildman–Crippen LogP) is 3.33. The first-order valence-electron chi connectivity index (χ1n) is 8.97. The number of hydrogen-bond donors (Lipinski definition) is 1. The second-order valence-corrected chi connectivity index (χ2v) is 9.71. The molecule has 28 heavy (non-hydrogen) atoms. The van der Waals surface area contributed by atoms with Gasteiger partial charge < -0.3 is 5.32 Å². The van der Waals surface area contributed by atoms with Crippen LogP contribution in [0.3, 0.4) is 0 Å². The summed E-state index contributed by atoms with van der Waals surface area (Å²) < 4.78 is 25.7. The van der Waals surface area contributed by atoms with Gasteiger partial charge in [0.15, 0.2) is 5.78 Å². The van der Waals surface area contributed by atoms with Crippen LogP contribution in [-0.2, 0) is 21.2 Å². The molecule has 1 amide bonds. The van der Waals surface area contributed by atoms with Crippen LogP contribution in [-0.4, -0.2) is 38.2 Å². The van der Waals surface area contributed by atoms with Gasteiger partial charge in [0.05, 0.1) is 17.2 Å². The Morgan fingerprint density at radius 3 is 2.50 bits per heavy atom. The maximum Gasteiger partial charge on any atom is 0.234 e. The number of carbonyl (C=O) groups is 2. The third kappa shape index (κ3) is 4.56. The number of nitrogens with one attached hydrogen (secondary N) is 1. The topological polar surface area (TPSA) is 83.6 Å². The number of anilines is 2. The molecule has 0 atom stereocenters. The Labute approximate surface area is 169 Å². The Balaban J connectivity index is 1.65. The normalized spacial score (nSPS) is 13.3. The van der Waals surface area contributed by atoms with Crippen LogP contribution in [0.1, 0.15) is 29.8 Å². The Hall–Kier alpha value is -2.32. The molecule has 3 rings (SSSR count). The van der Waals surface area contributed by atoms with Crippen molar-refractivity contribution in [3.8, 4) is 0 Å². The van der Waals surface area contributed by atoms with Crippen LogP contribution in [0.25, 0.3) is 0 Å². The standard InChI is InChI=1S/C20H22N2O4S2/c1-3-28(25,26)22-11-10-15-12-16(4-9-19(15)22)20(24)13-27-18-7-5-17(6-8-18)21-14(2)23/h4-9,12H,3,10-11,13H2,1-2H3,(H,21,23). The summed E-state index contributed by atoms with van der Waals surface area (Å²) in [5.74, 6) is 0.216. The molecular formula is C20H22N2O4S2. The molecule has 1 N–H and O–H groups in total. The maximum absolute atomic E-state index is 12.6. The fourth-order valence-corrected chi connectivity index (χ4v) is 5.01. The first-order chi connectivity index (χ1) is 13.3. The number of ketones is 1. The number of sulfonamides is 1. The Morgan fingerprint density at radius 2 is 1.86 bits per heavy atom. The first-order valence-corrected chi connectivity index (χ1v) is 11.6. The molecule has 1 aliphatic rings. The lowest BCUT2D eigenvalue weighted by Crippen LogP contribution is -2.30. The van der Waals surface area contributed by atoms with Crippen molar-refractivity contribution >= 4 is 44.9 Å². The molecule has 0 aromatic heterocycles. The SMILES string of the molecule is CCS(=O)(=O)N1CCc2cc(C(=O)CSc3ccc(NC(C)=O)cc3)ccc21. The highest BCUT2D eigenvalue weighted by molar-refractivity contribution is 8.00. The van der Waals surface area contributed by atoms with Gasteiger partial charge in [-0.1, -0.05) is 0 Å². The molecule has 0 saturated heterocycles. The number of rotatable bonds is 7. The van der Waals surface area contributed by atoms with E-state index < -0.39 is 10.0 Å². The van der Waals surface area contributed by atoms with E-state index in [2.05, 4.69) is 5.32 Å². The molecule has 1 heterocycles.